The average Bonchev–Trinajstić information content (AvgIpc) is 2.78. The Morgan fingerprint density at radius 1 is 1.33 bits per heavy atom. The molecular weight excluding hydrogens is 206 g/mol. The molecular formula is C11H15N3S. The highest BCUT2D eigenvalue weighted by Crippen LogP contribution is 2.17. The van der Waals surface area contributed by atoms with Crippen LogP contribution >= 0.6 is 11.3 Å². The van der Waals surface area contributed by atoms with Gasteiger partial charge in [-0.2, -0.15) is 5.10 Å². The molecule has 0 unspecified atom stereocenters. The van der Waals surface area contributed by atoms with Crippen molar-refractivity contribution in [2.45, 2.75) is 20.0 Å². The third-order valence-corrected chi connectivity index (χ3v) is 3.23. The van der Waals surface area contributed by atoms with Gasteiger partial charge in [-0.15, -0.1) is 11.3 Å². The standard InChI is InChI=1S/C11H15N3S/c1-9-5-6-14(13-9)8-11-4-3-10(15-11)7-12-2/h3-6,12H,7-8H2,1-2H3. The molecule has 15 heavy (non-hydrogen) atoms. The molecule has 2 heterocycles. The molecule has 80 valence electrons. The van der Waals surface area contributed by atoms with Crippen LogP contribution in [0.1, 0.15) is 15.4 Å². The van der Waals surface area contributed by atoms with E-state index in [2.05, 4.69) is 22.5 Å². The fraction of sp³-hybridized carbons (Fsp3) is 0.364. The minimum atomic E-state index is 0.877. The smallest absolute Gasteiger partial charge is 0.0752 e. The second-order valence-corrected chi connectivity index (χ2v) is 4.81. The summed E-state index contributed by atoms with van der Waals surface area (Å²) in [5.74, 6) is 0. The van der Waals surface area contributed by atoms with Crippen molar-refractivity contribution in [3.63, 3.8) is 0 Å². The monoisotopic (exact) mass is 221 g/mol. The van der Waals surface area contributed by atoms with Crippen molar-refractivity contribution in [3.8, 4) is 0 Å². The normalized spacial score (nSPS) is 10.8. The van der Waals surface area contributed by atoms with Gasteiger partial charge in [-0.05, 0) is 32.2 Å². The number of hydrogen-bond acceptors (Lipinski definition) is 3. The zero-order valence-corrected chi connectivity index (χ0v) is 9.84. The lowest BCUT2D eigenvalue weighted by Gasteiger charge is -1.97. The minimum Gasteiger partial charge on any atom is -0.315 e. The van der Waals surface area contributed by atoms with Crippen LogP contribution in [0.25, 0.3) is 0 Å². The van der Waals surface area contributed by atoms with Gasteiger partial charge in [0.2, 0.25) is 0 Å². The molecule has 3 nitrogen and oxygen atoms in total. The molecule has 0 aromatic carbocycles. The van der Waals surface area contributed by atoms with Crippen LogP contribution in [0.2, 0.25) is 0 Å². The van der Waals surface area contributed by atoms with Gasteiger partial charge in [-0.25, -0.2) is 0 Å². The summed E-state index contributed by atoms with van der Waals surface area (Å²) in [7, 11) is 1.97. The lowest BCUT2D eigenvalue weighted by atomic mass is 10.4. The molecule has 2 rings (SSSR count). The van der Waals surface area contributed by atoms with Crippen molar-refractivity contribution in [1.29, 1.82) is 0 Å². The number of nitrogens with one attached hydrogen (secondary N) is 1. The maximum atomic E-state index is 4.37. The van der Waals surface area contributed by atoms with Gasteiger partial charge in [-0.1, -0.05) is 0 Å². The molecule has 4 heteroatoms. The van der Waals surface area contributed by atoms with Gasteiger partial charge < -0.3 is 5.32 Å². The highest BCUT2D eigenvalue weighted by atomic mass is 32.1. The van der Waals surface area contributed by atoms with Crippen LogP contribution in [0.5, 0.6) is 0 Å². The SMILES string of the molecule is CNCc1ccc(Cn2ccc(C)n2)s1. The van der Waals surface area contributed by atoms with E-state index >= 15 is 0 Å². The summed E-state index contributed by atoms with van der Waals surface area (Å²) in [6.07, 6.45) is 2.02. The number of aryl methyl sites for hydroxylation is 1. The van der Waals surface area contributed by atoms with E-state index in [4.69, 9.17) is 0 Å². The van der Waals surface area contributed by atoms with Crippen LogP contribution in [-0.2, 0) is 13.1 Å². The molecule has 0 spiro atoms. The topological polar surface area (TPSA) is 29.9 Å². The van der Waals surface area contributed by atoms with Gasteiger partial charge in [0.15, 0.2) is 0 Å². The van der Waals surface area contributed by atoms with Crippen LogP contribution in [-0.4, -0.2) is 16.8 Å². The summed E-state index contributed by atoms with van der Waals surface area (Å²) < 4.78 is 1.98. The van der Waals surface area contributed by atoms with E-state index in [9.17, 15) is 0 Å². The molecule has 0 radical (unpaired) electrons. The summed E-state index contributed by atoms with van der Waals surface area (Å²) in [6, 6.07) is 6.38. The van der Waals surface area contributed by atoms with E-state index < -0.39 is 0 Å². The lowest BCUT2D eigenvalue weighted by Crippen LogP contribution is -2.02. The van der Waals surface area contributed by atoms with E-state index in [1.807, 2.05) is 42.3 Å². The van der Waals surface area contributed by atoms with Crippen molar-refractivity contribution >= 4 is 11.3 Å². The van der Waals surface area contributed by atoms with Gasteiger partial charge in [0.1, 0.15) is 0 Å². The first kappa shape index (κ1) is 10.4. The predicted octanol–water partition coefficient (Wildman–Crippen LogP) is 2.02. The Kier molecular flexibility index (Phi) is 3.18. The Hall–Kier alpha value is -1.13. The summed E-state index contributed by atoms with van der Waals surface area (Å²) in [4.78, 5) is 2.72. The maximum absolute atomic E-state index is 4.37. The Morgan fingerprint density at radius 2 is 2.13 bits per heavy atom. The van der Waals surface area contributed by atoms with Crippen molar-refractivity contribution in [3.05, 3.63) is 39.8 Å². The largest absolute Gasteiger partial charge is 0.315 e. The number of nitrogens with zero attached hydrogens (tertiary/aromatic N) is 2. The number of aromatic nitrogens is 2. The van der Waals surface area contributed by atoms with Gasteiger partial charge in [-0.3, -0.25) is 4.68 Å². The first-order chi connectivity index (χ1) is 7.28. The molecule has 0 aliphatic carbocycles. The van der Waals surface area contributed by atoms with Gasteiger partial charge in [0.05, 0.1) is 12.2 Å². The number of rotatable bonds is 4. The molecule has 0 aliphatic heterocycles. The molecule has 0 aliphatic rings. The third-order valence-electron chi connectivity index (χ3n) is 2.16. The van der Waals surface area contributed by atoms with Crippen LogP contribution in [0.15, 0.2) is 24.4 Å². The quantitative estimate of drug-likeness (QED) is 0.856. The van der Waals surface area contributed by atoms with Crippen LogP contribution in [0.3, 0.4) is 0 Å². The summed E-state index contributed by atoms with van der Waals surface area (Å²) >= 11 is 1.84. The maximum Gasteiger partial charge on any atom is 0.0752 e. The lowest BCUT2D eigenvalue weighted by molar-refractivity contribution is 0.687. The molecule has 0 bridgehead atoms. The average molecular weight is 221 g/mol. The zero-order valence-electron chi connectivity index (χ0n) is 9.03. The Bertz CT molecular complexity index is 430. The van der Waals surface area contributed by atoms with Crippen molar-refractivity contribution in [2.75, 3.05) is 7.05 Å². The first-order valence-electron chi connectivity index (χ1n) is 5.00. The summed E-state index contributed by atoms with van der Waals surface area (Å²) in [6.45, 7) is 3.84. The molecule has 2 aromatic heterocycles. The van der Waals surface area contributed by atoms with Crippen LogP contribution in [0.4, 0.5) is 0 Å². The number of hydrogen-bond donors (Lipinski definition) is 1. The molecule has 0 atom stereocenters. The van der Waals surface area contributed by atoms with Crippen molar-refractivity contribution in [1.82, 2.24) is 15.1 Å². The second kappa shape index (κ2) is 4.59. The summed E-state index contributed by atoms with van der Waals surface area (Å²) in [5.41, 5.74) is 1.07. The van der Waals surface area contributed by atoms with Crippen LogP contribution in [0, 0.1) is 6.92 Å². The first-order valence-corrected chi connectivity index (χ1v) is 5.82. The predicted molar refractivity (Wildman–Crippen MR) is 63.1 cm³/mol. The Labute approximate surface area is 93.7 Å². The third kappa shape index (κ3) is 2.67. The van der Waals surface area contributed by atoms with Gasteiger partial charge in [0, 0.05) is 22.5 Å². The number of thiophene rings is 1. The Balaban J connectivity index is 2.04. The fourth-order valence-electron chi connectivity index (χ4n) is 1.49. The van der Waals surface area contributed by atoms with Crippen molar-refractivity contribution < 1.29 is 0 Å². The molecule has 0 saturated heterocycles. The van der Waals surface area contributed by atoms with Crippen LogP contribution < -0.4 is 5.32 Å². The Morgan fingerprint density at radius 3 is 2.80 bits per heavy atom. The summed E-state index contributed by atoms with van der Waals surface area (Å²) in [5, 5.41) is 7.52. The fourth-order valence-corrected chi connectivity index (χ4v) is 2.51. The van der Waals surface area contributed by atoms with E-state index in [0.29, 0.717) is 0 Å². The van der Waals surface area contributed by atoms with E-state index in [1.165, 1.54) is 9.75 Å². The molecule has 1 N–H and O–H groups in total. The molecule has 0 fully saturated rings. The van der Waals surface area contributed by atoms with E-state index in [1.54, 1.807) is 0 Å². The van der Waals surface area contributed by atoms with Gasteiger partial charge in [0.25, 0.3) is 0 Å². The highest BCUT2D eigenvalue weighted by molar-refractivity contribution is 7.11. The molecule has 0 amide bonds. The van der Waals surface area contributed by atoms with E-state index in [-0.39, 0.29) is 0 Å². The van der Waals surface area contributed by atoms with Crippen molar-refractivity contribution in [2.24, 2.45) is 0 Å². The molecule has 0 saturated carbocycles. The molecule has 2 aromatic rings. The minimum absolute atomic E-state index is 0.877. The van der Waals surface area contributed by atoms with Gasteiger partial charge >= 0.3 is 0 Å². The second-order valence-electron chi connectivity index (χ2n) is 3.55. The van der Waals surface area contributed by atoms with E-state index in [0.717, 1.165) is 18.8 Å². The zero-order chi connectivity index (χ0) is 10.7. The highest BCUT2D eigenvalue weighted by Gasteiger charge is 2.01.